The van der Waals surface area contributed by atoms with Crippen molar-refractivity contribution in [3.05, 3.63) is 58.9 Å². The predicted molar refractivity (Wildman–Crippen MR) is 133 cm³/mol. The van der Waals surface area contributed by atoms with Crippen LogP contribution < -0.4 is 9.64 Å². The Labute approximate surface area is 212 Å². The number of carbonyl (C=O) groups is 1. The summed E-state index contributed by atoms with van der Waals surface area (Å²) in [4.78, 5) is 17.5. The minimum atomic E-state index is -1.26. The number of ether oxygens (including phenoxy) is 1. The van der Waals surface area contributed by atoms with Crippen molar-refractivity contribution >= 4 is 28.9 Å². The molecule has 2 N–H and O–H groups in total. The number of amides is 1. The molecule has 36 heavy (non-hydrogen) atoms. The first kappa shape index (κ1) is 24.0. The zero-order valence-electron chi connectivity index (χ0n) is 19.5. The molecule has 10 heteroatoms. The lowest BCUT2D eigenvalue weighted by Crippen LogP contribution is -2.54. The Bertz CT molecular complexity index is 1330. The standard InChI is InChI=1S/C26H24ClFN4O4/c1-3-20(34)30-7-8-31(14(2)13-30)23-15-11-17(27)21(22-18(28)5-4-6-19(22)33)25-24(15)32(9-10-36-25)26(35)16(23)12-29/h3-6,11,14,26,33,35H,1,7-10,13H2,2H3/t14-,26?/m0/s1. The van der Waals surface area contributed by atoms with Gasteiger partial charge in [-0.1, -0.05) is 24.2 Å². The van der Waals surface area contributed by atoms with Crippen molar-refractivity contribution in [2.45, 2.75) is 19.2 Å². The van der Waals surface area contributed by atoms with Gasteiger partial charge >= 0.3 is 0 Å². The number of nitriles is 1. The van der Waals surface area contributed by atoms with E-state index in [4.69, 9.17) is 16.3 Å². The van der Waals surface area contributed by atoms with Gasteiger partial charge in [-0.3, -0.25) is 4.79 Å². The van der Waals surface area contributed by atoms with Crippen molar-refractivity contribution in [1.29, 1.82) is 5.26 Å². The number of aliphatic hydroxyl groups excluding tert-OH is 1. The molecule has 0 aliphatic carbocycles. The number of hydrogen-bond donors (Lipinski definition) is 2. The summed E-state index contributed by atoms with van der Waals surface area (Å²) in [7, 11) is 0. The van der Waals surface area contributed by atoms with Crippen LogP contribution in [-0.4, -0.2) is 71.0 Å². The number of phenols is 1. The molecule has 2 atom stereocenters. The fourth-order valence-corrected chi connectivity index (χ4v) is 5.57. The molecule has 2 aromatic carbocycles. The molecule has 1 unspecified atom stereocenters. The Morgan fingerprint density at radius 1 is 1.31 bits per heavy atom. The molecule has 186 valence electrons. The Kier molecular flexibility index (Phi) is 6.02. The lowest BCUT2D eigenvalue weighted by Gasteiger charge is -2.47. The number of carbonyl (C=O) groups excluding carboxylic acids is 1. The quantitative estimate of drug-likeness (QED) is 0.611. The minimum Gasteiger partial charge on any atom is -0.507 e. The summed E-state index contributed by atoms with van der Waals surface area (Å²) in [5.41, 5.74) is 1.76. The van der Waals surface area contributed by atoms with Crippen LogP contribution in [0.15, 0.2) is 42.5 Å². The molecule has 1 fully saturated rings. The van der Waals surface area contributed by atoms with E-state index in [9.17, 15) is 24.7 Å². The van der Waals surface area contributed by atoms with Crippen LogP contribution in [0.2, 0.25) is 5.02 Å². The molecule has 5 rings (SSSR count). The van der Waals surface area contributed by atoms with Crippen LogP contribution in [0.4, 0.5) is 10.1 Å². The number of aromatic hydroxyl groups is 1. The Hall–Kier alpha value is -3.74. The monoisotopic (exact) mass is 510 g/mol. The van der Waals surface area contributed by atoms with Crippen LogP contribution >= 0.6 is 11.6 Å². The molecule has 0 saturated carbocycles. The van der Waals surface area contributed by atoms with E-state index in [1.807, 2.05) is 11.8 Å². The van der Waals surface area contributed by atoms with E-state index >= 15 is 0 Å². The zero-order chi connectivity index (χ0) is 25.7. The fraction of sp³-hybridized carbons (Fsp3) is 0.308. The lowest BCUT2D eigenvalue weighted by molar-refractivity contribution is -0.128. The number of halogens is 2. The second kappa shape index (κ2) is 9.04. The average molecular weight is 511 g/mol. The fourth-order valence-electron chi connectivity index (χ4n) is 5.28. The van der Waals surface area contributed by atoms with Gasteiger partial charge in [0.1, 0.15) is 29.8 Å². The van der Waals surface area contributed by atoms with Gasteiger partial charge in [-0.05, 0) is 31.2 Å². The van der Waals surface area contributed by atoms with Crippen LogP contribution in [0.1, 0.15) is 12.5 Å². The zero-order valence-corrected chi connectivity index (χ0v) is 20.3. The second-order valence-corrected chi connectivity index (χ2v) is 9.32. The summed E-state index contributed by atoms with van der Waals surface area (Å²) in [6.07, 6.45) is 0.0120. The van der Waals surface area contributed by atoms with Crippen LogP contribution in [0.5, 0.6) is 11.5 Å². The number of piperazine rings is 1. The van der Waals surface area contributed by atoms with E-state index < -0.39 is 12.0 Å². The molecule has 2 aromatic rings. The van der Waals surface area contributed by atoms with Crippen molar-refractivity contribution in [2.24, 2.45) is 0 Å². The summed E-state index contributed by atoms with van der Waals surface area (Å²) in [5, 5.41) is 32.0. The van der Waals surface area contributed by atoms with E-state index in [1.165, 1.54) is 24.3 Å². The van der Waals surface area contributed by atoms with Gasteiger partial charge in [-0.15, -0.1) is 0 Å². The average Bonchev–Trinajstić information content (AvgIpc) is 2.86. The first-order valence-corrected chi connectivity index (χ1v) is 11.9. The van der Waals surface area contributed by atoms with Gasteiger partial charge < -0.3 is 29.6 Å². The number of phenolic OH excluding ortho intramolecular Hbond substituents is 1. The normalized spacial score (nSPS) is 21.0. The van der Waals surface area contributed by atoms with E-state index in [1.54, 1.807) is 15.9 Å². The van der Waals surface area contributed by atoms with Gasteiger partial charge in [0.15, 0.2) is 12.0 Å². The third-order valence-corrected chi connectivity index (χ3v) is 7.20. The summed E-state index contributed by atoms with van der Waals surface area (Å²) in [5.74, 6) is -0.912. The van der Waals surface area contributed by atoms with Gasteiger partial charge in [-0.25, -0.2) is 4.39 Å². The molecule has 3 heterocycles. The van der Waals surface area contributed by atoms with Crippen LogP contribution in [0.3, 0.4) is 0 Å². The number of aliphatic hydroxyl groups is 1. The number of anilines is 1. The SMILES string of the molecule is C=CC(=O)N1CCN(C2=C(C#N)C(O)N3CCOc4c(-c5c(O)cccc5F)c(Cl)cc2c43)[C@@H](C)C1. The van der Waals surface area contributed by atoms with Crippen LogP contribution in [0.25, 0.3) is 16.8 Å². The van der Waals surface area contributed by atoms with Crippen LogP contribution in [-0.2, 0) is 4.79 Å². The molecule has 1 amide bonds. The predicted octanol–water partition coefficient (Wildman–Crippen LogP) is 3.34. The molecule has 0 spiro atoms. The molecule has 1 saturated heterocycles. The summed E-state index contributed by atoms with van der Waals surface area (Å²) < 4.78 is 20.9. The minimum absolute atomic E-state index is 0.0989. The molecule has 3 aliphatic rings. The van der Waals surface area contributed by atoms with Crippen molar-refractivity contribution in [3.8, 4) is 28.7 Å². The lowest BCUT2D eigenvalue weighted by atomic mass is 9.90. The van der Waals surface area contributed by atoms with Gasteiger partial charge in [0.2, 0.25) is 5.91 Å². The largest absolute Gasteiger partial charge is 0.507 e. The van der Waals surface area contributed by atoms with Crippen molar-refractivity contribution in [1.82, 2.24) is 9.80 Å². The van der Waals surface area contributed by atoms with Gasteiger partial charge in [0.25, 0.3) is 0 Å². The molecule has 0 aromatic heterocycles. The van der Waals surface area contributed by atoms with E-state index in [-0.39, 0.29) is 51.8 Å². The van der Waals surface area contributed by atoms with E-state index in [2.05, 4.69) is 12.6 Å². The maximum atomic E-state index is 14.9. The first-order valence-electron chi connectivity index (χ1n) is 11.5. The summed E-state index contributed by atoms with van der Waals surface area (Å²) in [6, 6.07) is 7.57. The smallest absolute Gasteiger partial charge is 0.246 e. The number of hydrogen-bond acceptors (Lipinski definition) is 7. The molecule has 8 nitrogen and oxygen atoms in total. The van der Waals surface area contributed by atoms with Crippen LogP contribution in [0, 0.1) is 17.1 Å². The highest BCUT2D eigenvalue weighted by molar-refractivity contribution is 6.34. The molecule has 3 aliphatic heterocycles. The van der Waals surface area contributed by atoms with Crippen molar-refractivity contribution < 1.29 is 24.1 Å². The molecule has 0 radical (unpaired) electrons. The van der Waals surface area contributed by atoms with Crippen molar-refractivity contribution in [3.63, 3.8) is 0 Å². The number of benzene rings is 2. The Morgan fingerprint density at radius 3 is 2.75 bits per heavy atom. The second-order valence-electron chi connectivity index (χ2n) is 8.91. The molecular weight excluding hydrogens is 487 g/mol. The highest BCUT2D eigenvalue weighted by Crippen LogP contribution is 2.54. The number of rotatable bonds is 3. The van der Waals surface area contributed by atoms with Crippen molar-refractivity contribution in [2.75, 3.05) is 37.7 Å². The molecule has 0 bridgehead atoms. The highest BCUT2D eigenvalue weighted by atomic mass is 35.5. The number of nitrogens with zero attached hydrogens (tertiary/aromatic N) is 4. The van der Waals surface area contributed by atoms with Gasteiger partial charge in [0, 0.05) is 31.2 Å². The highest BCUT2D eigenvalue weighted by Gasteiger charge is 2.42. The Balaban J connectivity index is 1.71. The third-order valence-electron chi connectivity index (χ3n) is 6.90. The molecular formula is C26H24ClFN4O4. The topological polar surface area (TPSA) is 100 Å². The summed E-state index contributed by atoms with van der Waals surface area (Å²) in [6.45, 7) is 7.17. The maximum absolute atomic E-state index is 14.9. The maximum Gasteiger partial charge on any atom is 0.246 e. The van der Waals surface area contributed by atoms with Gasteiger partial charge in [0.05, 0.1) is 34.1 Å². The van der Waals surface area contributed by atoms with Gasteiger partial charge in [-0.2, -0.15) is 5.26 Å². The third kappa shape index (κ3) is 3.56. The van der Waals surface area contributed by atoms with E-state index in [0.29, 0.717) is 43.1 Å². The van der Waals surface area contributed by atoms with E-state index in [0.717, 1.165) is 0 Å². The first-order chi connectivity index (χ1) is 17.3. The Morgan fingerprint density at radius 2 is 2.08 bits per heavy atom. The summed E-state index contributed by atoms with van der Waals surface area (Å²) >= 11 is 6.72.